The van der Waals surface area contributed by atoms with Crippen LogP contribution in [0.5, 0.6) is 0 Å². The van der Waals surface area contributed by atoms with Gasteiger partial charge in [-0.1, -0.05) is 66.2 Å². The number of imide groups is 1. The van der Waals surface area contributed by atoms with E-state index in [4.69, 9.17) is 11.5 Å². The lowest BCUT2D eigenvalue weighted by atomic mass is 9.68. The standard InChI is InChI=1S/C23H43N3O4/c1-6-15(4)20(25)21(29)26-22(30)23(14(2)3,16(5)27)13-19(28)18(24)12-17-10-8-7-9-11-17/h14-15,17-20,28H,6-13,24-25H2,1-5H3,(H,26,29,30)/t15-,18-,19-,20-,23-/m0/s1. The minimum absolute atomic E-state index is 0.0990. The van der Waals surface area contributed by atoms with Gasteiger partial charge in [0.05, 0.1) is 12.1 Å². The van der Waals surface area contributed by atoms with Crippen molar-refractivity contribution in [1.29, 1.82) is 0 Å². The van der Waals surface area contributed by atoms with E-state index in [0.717, 1.165) is 12.8 Å². The molecular formula is C23H43N3O4. The number of nitrogens with two attached hydrogens (primary N) is 2. The first-order chi connectivity index (χ1) is 14.0. The average molecular weight is 426 g/mol. The van der Waals surface area contributed by atoms with E-state index < -0.39 is 41.3 Å². The lowest BCUT2D eigenvalue weighted by Crippen LogP contribution is -2.57. The van der Waals surface area contributed by atoms with Crippen LogP contribution >= 0.6 is 0 Å². The molecule has 0 radical (unpaired) electrons. The van der Waals surface area contributed by atoms with Crippen molar-refractivity contribution in [3.63, 3.8) is 0 Å². The molecule has 1 rings (SSSR count). The Balaban J connectivity index is 2.96. The lowest BCUT2D eigenvalue weighted by molar-refractivity contribution is -0.149. The van der Waals surface area contributed by atoms with Crippen molar-refractivity contribution in [1.82, 2.24) is 5.32 Å². The van der Waals surface area contributed by atoms with Gasteiger partial charge in [0, 0.05) is 6.04 Å². The number of amides is 2. The third-order valence-electron chi connectivity index (χ3n) is 7.17. The topological polar surface area (TPSA) is 136 Å². The Kier molecular flexibility index (Phi) is 10.6. The predicted octanol–water partition coefficient (Wildman–Crippen LogP) is 2.28. The molecule has 0 bridgehead atoms. The highest BCUT2D eigenvalue weighted by atomic mass is 16.3. The monoisotopic (exact) mass is 425 g/mol. The number of aliphatic hydroxyl groups is 1. The second kappa shape index (κ2) is 11.9. The fraction of sp³-hybridized carbons (Fsp3) is 0.870. The fourth-order valence-electron chi connectivity index (χ4n) is 4.57. The first-order valence-electron chi connectivity index (χ1n) is 11.5. The number of nitrogens with one attached hydrogen (secondary N) is 1. The van der Waals surface area contributed by atoms with Crippen LogP contribution in [0.1, 0.15) is 86.0 Å². The van der Waals surface area contributed by atoms with Crippen LogP contribution in [-0.4, -0.2) is 40.9 Å². The lowest BCUT2D eigenvalue weighted by Gasteiger charge is -2.37. The minimum Gasteiger partial charge on any atom is -0.391 e. The van der Waals surface area contributed by atoms with Gasteiger partial charge in [-0.2, -0.15) is 0 Å². The minimum atomic E-state index is -1.53. The summed E-state index contributed by atoms with van der Waals surface area (Å²) in [5.41, 5.74) is 10.7. The van der Waals surface area contributed by atoms with E-state index >= 15 is 0 Å². The predicted molar refractivity (Wildman–Crippen MR) is 118 cm³/mol. The molecule has 0 aromatic carbocycles. The quantitative estimate of drug-likeness (QED) is 0.375. The average Bonchev–Trinajstić information content (AvgIpc) is 2.70. The molecule has 0 aromatic rings. The van der Waals surface area contributed by atoms with Crippen LogP contribution in [0.2, 0.25) is 0 Å². The highest BCUT2D eigenvalue weighted by Gasteiger charge is 2.49. The SMILES string of the molecule is CC[C@H](C)[C@H](N)C(=O)NC(=O)[C@](C[C@H](O)[C@@H](N)CC1CCCCC1)(C(C)=O)C(C)C. The molecular weight excluding hydrogens is 382 g/mol. The maximum atomic E-state index is 13.2. The molecule has 0 aromatic heterocycles. The van der Waals surface area contributed by atoms with Crippen LogP contribution in [0, 0.1) is 23.2 Å². The van der Waals surface area contributed by atoms with E-state index in [1.165, 1.54) is 26.2 Å². The molecule has 1 aliphatic rings. The molecule has 0 spiro atoms. The van der Waals surface area contributed by atoms with Crippen molar-refractivity contribution >= 4 is 17.6 Å². The molecule has 30 heavy (non-hydrogen) atoms. The van der Waals surface area contributed by atoms with E-state index in [1.807, 2.05) is 13.8 Å². The van der Waals surface area contributed by atoms with Gasteiger partial charge in [0.25, 0.3) is 0 Å². The van der Waals surface area contributed by atoms with Crippen molar-refractivity contribution in [2.75, 3.05) is 0 Å². The summed E-state index contributed by atoms with van der Waals surface area (Å²) in [6.45, 7) is 8.58. The van der Waals surface area contributed by atoms with E-state index in [0.29, 0.717) is 18.8 Å². The Hall–Kier alpha value is -1.31. The number of hydrogen-bond acceptors (Lipinski definition) is 6. The van der Waals surface area contributed by atoms with Gasteiger partial charge < -0.3 is 16.6 Å². The van der Waals surface area contributed by atoms with Crippen LogP contribution in [0.25, 0.3) is 0 Å². The Labute approximate surface area is 181 Å². The summed E-state index contributed by atoms with van der Waals surface area (Å²) in [5, 5.41) is 13.2. The number of ketones is 1. The van der Waals surface area contributed by atoms with Gasteiger partial charge in [-0.25, -0.2) is 0 Å². The molecule has 0 heterocycles. The number of hydrogen-bond donors (Lipinski definition) is 4. The van der Waals surface area contributed by atoms with Crippen LogP contribution < -0.4 is 16.8 Å². The third-order valence-corrected chi connectivity index (χ3v) is 7.17. The van der Waals surface area contributed by atoms with Crippen molar-refractivity contribution < 1.29 is 19.5 Å². The molecule has 0 saturated heterocycles. The first kappa shape index (κ1) is 26.7. The molecule has 7 heteroatoms. The Morgan fingerprint density at radius 1 is 1.10 bits per heavy atom. The summed E-state index contributed by atoms with van der Waals surface area (Å²) in [6, 6.07) is -1.36. The number of aliphatic hydroxyl groups excluding tert-OH is 1. The van der Waals surface area contributed by atoms with Gasteiger partial charge in [-0.3, -0.25) is 19.7 Å². The van der Waals surface area contributed by atoms with Crippen molar-refractivity contribution in [3.8, 4) is 0 Å². The normalized spacial score (nSPS) is 21.4. The van der Waals surface area contributed by atoms with Crippen LogP contribution in [0.4, 0.5) is 0 Å². The van der Waals surface area contributed by atoms with Gasteiger partial charge in [-0.15, -0.1) is 0 Å². The highest BCUT2D eigenvalue weighted by Crippen LogP contribution is 2.36. The number of Topliss-reactive ketones (excluding diaryl/α,β-unsaturated/α-hetero) is 1. The van der Waals surface area contributed by atoms with E-state index in [9.17, 15) is 19.5 Å². The zero-order valence-electron chi connectivity index (χ0n) is 19.4. The van der Waals surface area contributed by atoms with Gasteiger partial charge in [0.1, 0.15) is 11.2 Å². The molecule has 0 unspecified atom stereocenters. The fourth-order valence-corrected chi connectivity index (χ4v) is 4.57. The van der Waals surface area contributed by atoms with Crippen molar-refractivity contribution in [2.45, 2.75) is 104 Å². The maximum absolute atomic E-state index is 13.2. The Morgan fingerprint density at radius 3 is 2.13 bits per heavy atom. The summed E-state index contributed by atoms with van der Waals surface area (Å²) < 4.78 is 0. The molecule has 0 aliphatic heterocycles. The van der Waals surface area contributed by atoms with E-state index in [-0.39, 0.29) is 18.1 Å². The smallest absolute Gasteiger partial charge is 0.243 e. The molecule has 1 saturated carbocycles. The van der Waals surface area contributed by atoms with Crippen molar-refractivity contribution in [2.24, 2.45) is 34.6 Å². The van der Waals surface area contributed by atoms with Gasteiger partial charge in [-0.05, 0) is 37.5 Å². The number of carbonyl (C=O) groups excluding carboxylic acids is 3. The summed E-state index contributed by atoms with van der Waals surface area (Å²) >= 11 is 0. The molecule has 174 valence electrons. The third kappa shape index (κ3) is 6.59. The maximum Gasteiger partial charge on any atom is 0.243 e. The Morgan fingerprint density at radius 2 is 1.67 bits per heavy atom. The summed E-state index contributed by atoms with van der Waals surface area (Å²) in [4.78, 5) is 38.3. The molecule has 5 atom stereocenters. The van der Waals surface area contributed by atoms with Crippen LogP contribution in [0.3, 0.4) is 0 Å². The largest absolute Gasteiger partial charge is 0.391 e. The Bertz CT molecular complexity index is 589. The van der Waals surface area contributed by atoms with Gasteiger partial charge in [0.2, 0.25) is 11.8 Å². The summed E-state index contributed by atoms with van der Waals surface area (Å²) in [6.07, 6.45) is 6.05. The molecule has 2 amide bonds. The van der Waals surface area contributed by atoms with Crippen LogP contribution in [0.15, 0.2) is 0 Å². The molecule has 7 nitrogen and oxygen atoms in total. The van der Waals surface area contributed by atoms with Crippen LogP contribution in [-0.2, 0) is 14.4 Å². The van der Waals surface area contributed by atoms with E-state index in [2.05, 4.69) is 5.32 Å². The molecule has 1 fully saturated rings. The second-order valence-electron chi connectivity index (χ2n) is 9.59. The molecule has 1 aliphatic carbocycles. The van der Waals surface area contributed by atoms with Crippen molar-refractivity contribution in [3.05, 3.63) is 0 Å². The summed E-state index contributed by atoms with van der Waals surface area (Å²) in [7, 11) is 0. The second-order valence-corrected chi connectivity index (χ2v) is 9.59. The highest BCUT2D eigenvalue weighted by molar-refractivity contribution is 6.11. The zero-order chi connectivity index (χ0) is 23.1. The van der Waals surface area contributed by atoms with Gasteiger partial charge >= 0.3 is 0 Å². The molecule has 6 N–H and O–H groups in total. The first-order valence-corrected chi connectivity index (χ1v) is 11.5. The zero-order valence-corrected chi connectivity index (χ0v) is 19.4. The number of carbonyl (C=O) groups is 3. The number of rotatable bonds is 11. The van der Waals surface area contributed by atoms with Gasteiger partial charge in [0.15, 0.2) is 0 Å². The summed E-state index contributed by atoms with van der Waals surface area (Å²) in [5.74, 6) is -1.72. The van der Waals surface area contributed by atoms with E-state index in [1.54, 1.807) is 13.8 Å².